The number of rotatable bonds is 0. The maximum atomic E-state index is 7.89. The Morgan fingerprint density at radius 2 is 2.14 bits per heavy atom. The van der Waals surface area contributed by atoms with Crippen LogP contribution in [0.2, 0.25) is 0 Å². The predicted molar refractivity (Wildman–Crippen MR) is 30.0 cm³/mol. The number of nitrogens with one attached hydrogen (secondary N) is 1. The summed E-state index contributed by atoms with van der Waals surface area (Å²) in [6.45, 7) is 0. The fraction of sp³-hybridized carbons (Fsp3) is 0.667. The van der Waals surface area contributed by atoms with Crippen molar-refractivity contribution in [3.63, 3.8) is 0 Å². The Morgan fingerprint density at radius 1 is 1.71 bits per heavy atom. The average Bonchev–Trinajstić information content (AvgIpc) is 1.30. The molecule has 0 atom stereocenters. The molecule has 0 spiro atoms. The second-order valence-electron chi connectivity index (χ2n) is 1.46. The quantitative estimate of drug-likeness (QED) is 0.469. The molecule has 0 aromatic heterocycles. The lowest BCUT2D eigenvalue weighted by molar-refractivity contribution is 1.45. The maximum Gasteiger partial charge on any atom is 0.213 e. The molecule has 0 aromatic carbocycles. The zero-order chi connectivity index (χ0) is 5.91. The normalized spacial score (nSPS) is 9.86. The lowest BCUT2D eigenvalue weighted by Gasteiger charge is -1.86. The standard InChI is InChI=1S/C3H7N3S/c1-7(2,5)6-3-4/h5H,1-2H3. The number of nitriles is 1. The SMILES string of the molecule is CS(C)(=N)=NC#N. The van der Waals surface area contributed by atoms with E-state index in [0.29, 0.717) is 0 Å². The molecule has 4 heteroatoms. The van der Waals surface area contributed by atoms with E-state index in [1.54, 1.807) is 18.7 Å². The second kappa shape index (κ2) is 1.94. The number of nitrogens with zero attached hydrogens (tertiary/aromatic N) is 2. The van der Waals surface area contributed by atoms with Crippen molar-refractivity contribution < 1.29 is 0 Å². The molecule has 7 heavy (non-hydrogen) atoms. The highest BCUT2D eigenvalue weighted by Gasteiger charge is 1.76. The summed E-state index contributed by atoms with van der Waals surface area (Å²) < 4.78 is 10.3. The molecule has 0 radical (unpaired) electrons. The highest BCUT2D eigenvalue weighted by Crippen LogP contribution is 1.80. The van der Waals surface area contributed by atoms with E-state index in [-0.39, 0.29) is 0 Å². The van der Waals surface area contributed by atoms with E-state index in [2.05, 4.69) is 4.36 Å². The van der Waals surface area contributed by atoms with E-state index in [1.165, 1.54) is 0 Å². The Balaban J connectivity index is 4.43. The van der Waals surface area contributed by atoms with E-state index >= 15 is 0 Å². The van der Waals surface area contributed by atoms with Crippen LogP contribution in [0.15, 0.2) is 4.36 Å². The van der Waals surface area contributed by atoms with Gasteiger partial charge in [0, 0.05) is 12.5 Å². The summed E-state index contributed by atoms with van der Waals surface area (Å²) in [7, 11) is -1.66. The molecule has 0 saturated heterocycles. The van der Waals surface area contributed by atoms with Crippen LogP contribution in [0.25, 0.3) is 0 Å². The van der Waals surface area contributed by atoms with Crippen molar-refractivity contribution in [2.24, 2.45) is 4.36 Å². The third-order valence-electron chi connectivity index (χ3n) is 0.269. The van der Waals surface area contributed by atoms with Crippen LogP contribution in [0.5, 0.6) is 0 Å². The molecule has 0 aromatic rings. The average molecular weight is 117 g/mol. The van der Waals surface area contributed by atoms with Crippen molar-refractivity contribution in [3.05, 3.63) is 0 Å². The third kappa shape index (κ3) is 5.44. The lowest BCUT2D eigenvalue weighted by Crippen LogP contribution is -1.84. The molecule has 0 unspecified atom stereocenters. The van der Waals surface area contributed by atoms with Crippen molar-refractivity contribution in [2.45, 2.75) is 0 Å². The van der Waals surface area contributed by atoms with Gasteiger partial charge in [0.25, 0.3) is 0 Å². The smallest absolute Gasteiger partial charge is 0.213 e. The van der Waals surface area contributed by atoms with Crippen molar-refractivity contribution in [3.8, 4) is 6.19 Å². The largest absolute Gasteiger partial charge is 0.270 e. The molecule has 0 aliphatic carbocycles. The zero-order valence-electron chi connectivity index (χ0n) is 4.30. The summed E-state index contributed by atoms with van der Waals surface area (Å²) in [4.78, 5) is 0. The van der Waals surface area contributed by atoms with Gasteiger partial charge in [0.05, 0.1) is 0 Å². The lowest BCUT2D eigenvalue weighted by atomic mass is 11.5. The van der Waals surface area contributed by atoms with Gasteiger partial charge in [-0.3, -0.25) is 4.78 Å². The van der Waals surface area contributed by atoms with Gasteiger partial charge in [0.1, 0.15) is 0 Å². The maximum absolute atomic E-state index is 7.89. The van der Waals surface area contributed by atoms with Gasteiger partial charge in [-0.1, -0.05) is 9.62 Å². The minimum atomic E-state index is -1.66. The third-order valence-corrected chi connectivity index (χ3v) is 0.807. The summed E-state index contributed by atoms with van der Waals surface area (Å²) in [5.74, 6) is 0. The summed E-state index contributed by atoms with van der Waals surface area (Å²) in [5, 5.41) is 7.89. The van der Waals surface area contributed by atoms with E-state index in [9.17, 15) is 0 Å². The van der Waals surface area contributed by atoms with Gasteiger partial charge < -0.3 is 0 Å². The topological polar surface area (TPSA) is 60.0 Å². The number of hydrogen-bond donors (Lipinski definition) is 1. The molecule has 40 valence electrons. The van der Waals surface area contributed by atoms with Crippen LogP contribution in [-0.2, 0) is 9.62 Å². The molecule has 0 fully saturated rings. The van der Waals surface area contributed by atoms with Crippen LogP contribution < -0.4 is 0 Å². The number of hydrogen-bond acceptors (Lipinski definition) is 3. The Morgan fingerprint density at radius 3 is 2.14 bits per heavy atom. The van der Waals surface area contributed by atoms with Crippen LogP contribution in [0.3, 0.4) is 0 Å². The van der Waals surface area contributed by atoms with Crippen LogP contribution >= 0.6 is 0 Å². The molecule has 1 N–H and O–H groups in total. The van der Waals surface area contributed by atoms with E-state index < -0.39 is 9.62 Å². The molecule has 0 aliphatic heterocycles. The van der Waals surface area contributed by atoms with Gasteiger partial charge in [0.15, 0.2) is 0 Å². The van der Waals surface area contributed by atoms with Gasteiger partial charge in [-0.15, -0.1) is 4.36 Å². The molecule has 0 amide bonds. The van der Waals surface area contributed by atoms with E-state index in [1.807, 2.05) is 0 Å². The highest BCUT2D eigenvalue weighted by atomic mass is 32.2. The fourth-order valence-corrected chi connectivity index (χ4v) is 0.306. The van der Waals surface area contributed by atoms with Crippen LogP contribution in [-0.4, -0.2) is 12.5 Å². The van der Waals surface area contributed by atoms with Gasteiger partial charge in [0.2, 0.25) is 6.19 Å². The first-order chi connectivity index (χ1) is 3.06. The highest BCUT2D eigenvalue weighted by molar-refractivity contribution is 7.93. The van der Waals surface area contributed by atoms with Crippen molar-refractivity contribution in [1.82, 2.24) is 0 Å². The van der Waals surface area contributed by atoms with E-state index in [0.717, 1.165) is 0 Å². The van der Waals surface area contributed by atoms with Crippen molar-refractivity contribution >= 4 is 9.62 Å². The monoisotopic (exact) mass is 117 g/mol. The summed E-state index contributed by atoms with van der Waals surface area (Å²) in [5.41, 5.74) is 0. The molecule has 0 aliphatic rings. The Bertz CT molecular complexity index is 183. The van der Waals surface area contributed by atoms with Gasteiger partial charge in [-0.25, -0.2) is 0 Å². The molecule has 0 rings (SSSR count). The zero-order valence-corrected chi connectivity index (χ0v) is 5.12. The van der Waals surface area contributed by atoms with Gasteiger partial charge in [-0.2, -0.15) is 5.26 Å². The Kier molecular flexibility index (Phi) is 1.78. The van der Waals surface area contributed by atoms with Crippen molar-refractivity contribution in [2.75, 3.05) is 12.5 Å². The fourth-order valence-electron chi connectivity index (χ4n) is 0.102. The molecule has 3 nitrogen and oxygen atoms in total. The van der Waals surface area contributed by atoms with Crippen LogP contribution in [0, 0.1) is 16.2 Å². The summed E-state index contributed by atoms with van der Waals surface area (Å²) >= 11 is 0. The molecular formula is C3H7N3S. The molecule has 0 saturated carbocycles. The summed E-state index contributed by atoms with van der Waals surface area (Å²) in [6.07, 6.45) is 4.85. The predicted octanol–water partition coefficient (Wildman–Crippen LogP) is 0.827. The van der Waals surface area contributed by atoms with Crippen molar-refractivity contribution in [1.29, 1.82) is 10.0 Å². The second-order valence-corrected chi connectivity index (χ2v) is 4.19. The first-order valence-electron chi connectivity index (χ1n) is 1.65. The molecular weight excluding hydrogens is 110 g/mol. The van der Waals surface area contributed by atoms with Crippen LogP contribution in [0.4, 0.5) is 0 Å². The summed E-state index contributed by atoms with van der Waals surface area (Å²) in [6, 6.07) is 0. The van der Waals surface area contributed by atoms with Gasteiger partial charge in [-0.05, 0) is 0 Å². The first-order valence-corrected chi connectivity index (χ1v) is 4.06. The van der Waals surface area contributed by atoms with E-state index in [4.69, 9.17) is 10.0 Å². The minimum absolute atomic E-state index is 1.58. The Labute approximate surface area is 43.6 Å². The minimum Gasteiger partial charge on any atom is -0.270 e. The Hall–Kier alpha value is -0.560. The van der Waals surface area contributed by atoms with Gasteiger partial charge >= 0.3 is 0 Å². The van der Waals surface area contributed by atoms with Crippen LogP contribution in [0.1, 0.15) is 0 Å². The molecule has 0 bridgehead atoms. The molecule has 0 heterocycles. The first kappa shape index (κ1) is 6.44.